The monoisotopic (exact) mass is 318 g/mol. The number of aromatic amines is 1. The molecule has 0 radical (unpaired) electrons. The maximum absolute atomic E-state index is 12.2. The Bertz CT molecular complexity index is 948. The van der Waals surface area contributed by atoms with E-state index in [1.165, 1.54) is 10.9 Å². The smallest absolute Gasteiger partial charge is 0.369 e. The number of tetrazole rings is 1. The number of nitrogens with zero attached hydrogens (tertiary/aromatic N) is 7. The quantitative estimate of drug-likeness (QED) is 0.702. The second kappa shape index (κ2) is 5.07. The third kappa shape index (κ3) is 2.31. The number of ether oxygens (including phenoxy) is 1. The highest BCUT2D eigenvalue weighted by Crippen LogP contribution is 2.42. The Morgan fingerprint density at radius 1 is 1.39 bits per heavy atom. The van der Waals surface area contributed by atoms with E-state index in [1.807, 2.05) is 0 Å². The van der Waals surface area contributed by atoms with Gasteiger partial charge in [-0.3, -0.25) is 9.77 Å². The largest absolute Gasteiger partial charge is 0.472 e. The van der Waals surface area contributed by atoms with Crippen LogP contribution in [-0.4, -0.2) is 39.8 Å². The van der Waals surface area contributed by atoms with E-state index < -0.39 is 0 Å². The van der Waals surface area contributed by atoms with Crippen LogP contribution in [0.2, 0.25) is 1.41 Å². The van der Waals surface area contributed by atoms with E-state index in [9.17, 15) is 4.79 Å². The summed E-state index contributed by atoms with van der Waals surface area (Å²) in [5.74, 6) is 1.26. The maximum Gasteiger partial charge on any atom is 0.369 e. The van der Waals surface area contributed by atoms with Gasteiger partial charge in [0.05, 0.1) is 11.3 Å². The van der Waals surface area contributed by atoms with Crippen LogP contribution in [0, 0.1) is 0 Å². The van der Waals surface area contributed by atoms with Gasteiger partial charge in [0.2, 0.25) is 5.88 Å². The standard InChI is InChI=1S/C13H16N8O2/c1-19-12(21-13(22)20(2)17-18-21)9(11(16-19)8-3-4-8)7-23-10-5-6-14-15-10/h5-6,8H,3-4,7H2,1-2H3,(H,14,15)/i/hT. The summed E-state index contributed by atoms with van der Waals surface area (Å²) < 4.78 is 17.1. The number of hydrogen-bond donors (Lipinski definition) is 1. The minimum Gasteiger partial charge on any atom is -0.472 e. The Morgan fingerprint density at radius 3 is 2.83 bits per heavy atom. The molecule has 0 saturated heterocycles. The lowest BCUT2D eigenvalue weighted by Gasteiger charge is -2.06. The number of nitrogens with one attached hydrogen (secondary N) is 1. The zero-order valence-corrected chi connectivity index (χ0v) is 12.7. The number of aromatic nitrogens is 8. The van der Waals surface area contributed by atoms with Crippen LogP contribution in [0.5, 0.6) is 5.88 Å². The zero-order chi connectivity index (χ0) is 16.8. The van der Waals surface area contributed by atoms with Gasteiger partial charge in [0.15, 0.2) is 7.23 Å². The molecule has 1 fully saturated rings. The van der Waals surface area contributed by atoms with E-state index in [0.29, 0.717) is 17.6 Å². The van der Waals surface area contributed by atoms with Gasteiger partial charge in [-0.1, -0.05) is 0 Å². The molecule has 0 unspecified atom stereocenters. The third-order valence-electron chi connectivity index (χ3n) is 3.83. The lowest BCUT2D eigenvalue weighted by molar-refractivity contribution is 0.291. The van der Waals surface area contributed by atoms with Gasteiger partial charge < -0.3 is 4.74 Å². The minimum absolute atomic E-state index is 0.190. The second-order valence-corrected chi connectivity index (χ2v) is 5.54. The molecule has 23 heavy (non-hydrogen) atoms. The lowest BCUT2D eigenvalue weighted by atomic mass is 10.2. The van der Waals surface area contributed by atoms with E-state index >= 15 is 0 Å². The van der Waals surface area contributed by atoms with Crippen LogP contribution in [-0.2, 0) is 20.7 Å². The normalized spacial score (nSPS) is 15.0. The summed E-state index contributed by atoms with van der Waals surface area (Å²) in [5.41, 5.74) is 1.36. The number of aryl methyl sites for hydroxylation is 2. The molecule has 3 aromatic heterocycles. The molecule has 0 bridgehead atoms. The predicted molar refractivity (Wildman–Crippen MR) is 78.3 cm³/mol. The zero-order valence-electron chi connectivity index (χ0n) is 13.7. The topological polar surface area (TPSA) is 108 Å². The summed E-state index contributed by atoms with van der Waals surface area (Å²) in [7, 11) is 3.31. The van der Waals surface area contributed by atoms with Gasteiger partial charge in [-0.2, -0.15) is 9.78 Å². The lowest BCUT2D eigenvalue weighted by Crippen LogP contribution is -2.24. The molecule has 0 aliphatic heterocycles. The Kier molecular flexibility index (Phi) is 2.78. The second-order valence-electron chi connectivity index (χ2n) is 5.54. The van der Waals surface area contributed by atoms with Gasteiger partial charge in [0, 0.05) is 32.3 Å². The highest BCUT2D eigenvalue weighted by atomic mass is 16.5. The predicted octanol–water partition coefficient (Wildman–Crippen LogP) is -0.121. The SMILES string of the molecule is [3H]n1ccc(OCc2c(C3CC3)nn(C)c2-n2nnn(C)c2=O)n1. The van der Waals surface area contributed by atoms with E-state index in [2.05, 4.69) is 20.6 Å². The van der Waals surface area contributed by atoms with Gasteiger partial charge in [-0.15, -0.1) is 9.78 Å². The Hall–Kier alpha value is -2.91. The highest BCUT2D eigenvalue weighted by molar-refractivity contribution is 5.40. The van der Waals surface area contributed by atoms with Crippen molar-refractivity contribution in [3.05, 3.63) is 34.0 Å². The van der Waals surface area contributed by atoms with E-state index in [0.717, 1.165) is 33.9 Å². The summed E-state index contributed by atoms with van der Waals surface area (Å²) >= 11 is 0. The van der Waals surface area contributed by atoms with Crippen molar-refractivity contribution in [2.75, 3.05) is 0 Å². The summed E-state index contributed by atoms with van der Waals surface area (Å²) in [5, 5.41) is 17.0. The fraction of sp³-hybridized carbons (Fsp3) is 0.462. The molecule has 0 atom stereocenters. The molecular formula is C13H16N8O2. The summed E-state index contributed by atoms with van der Waals surface area (Å²) in [4.78, 5) is 12.2. The molecule has 0 aromatic carbocycles. The Labute approximate surface area is 132 Å². The molecule has 0 amide bonds. The van der Waals surface area contributed by atoms with Gasteiger partial charge in [-0.25, -0.2) is 4.79 Å². The fourth-order valence-corrected chi connectivity index (χ4v) is 2.56. The van der Waals surface area contributed by atoms with Crippen LogP contribution in [0.4, 0.5) is 0 Å². The molecule has 1 saturated carbocycles. The van der Waals surface area contributed by atoms with E-state index in [4.69, 9.17) is 6.15 Å². The minimum atomic E-state index is -0.350. The summed E-state index contributed by atoms with van der Waals surface area (Å²) in [6, 6.07) is 1.61. The van der Waals surface area contributed by atoms with Crippen molar-refractivity contribution in [1.82, 2.24) is 39.8 Å². The van der Waals surface area contributed by atoms with Gasteiger partial charge in [0.25, 0.3) is 0 Å². The van der Waals surface area contributed by atoms with Crippen LogP contribution < -0.4 is 10.4 Å². The molecule has 3 aromatic rings. The van der Waals surface area contributed by atoms with E-state index in [1.54, 1.807) is 24.8 Å². The van der Waals surface area contributed by atoms with Gasteiger partial charge in [0.1, 0.15) is 6.61 Å². The van der Waals surface area contributed by atoms with Gasteiger partial charge >= 0.3 is 5.69 Å². The van der Waals surface area contributed by atoms with Crippen molar-refractivity contribution in [2.24, 2.45) is 14.1 Å². The van der Waals surface area contributed by atoms with Crippen LogP contribution in [0.1, 0.15) is 30.0 Å². The molecular weight excluding hydrogens is 300 g/mol. The average molecular weight is 318 g/mol. The van der Waals surface area contributed by atoms with Crippen molar-refractivity contribution in [3.63, 3.8) is 0 Å². The van der Waals surface area contributed by atoms with Crippen molar-refractivity contribution < 1.29 is 6.15 Å². The molecule has 1 aliphatic rings. The number of H-pyrrole nitrogens is 1. The number of rotatable bonds is 5. The Balaban J connectivity index is 1.75. The summed E-state index contributed by atoms with van der Waals surface area (Å²) in [6.07, 6.45) is 3.62. The molecule has 1 aliphatic carbocycles. The molecule has 10 nitrogen and oxygen atoms in total. The molecule has 4 rings (SSSR count). The Morgan fingerprint density at radius 2 is 2.22 bits per heavy atom. The van der Waals surface area contributed by atoms with Crippen molar-refractivity contribution >= 4 is 0 Å². The first-order chi connectivity index (χ1) is 11.5. The molecule has 1 N–H and O–H groups in total. The van der Waals surface area contributed by atoms with Crippen LogP contribution >= 0.6 is 0 Å². The van der Waals surface area contributed by atoms with E-state index in [-0.39, 0.29) is 12.3 Å². The first-order valence-electron chi connectivity index (χ1n) is 7.72. The van der Waals surface area contributed by atoms with Crippen LogP contribution in [0.3, 0.4) is 0 Å². The van der Waals surface area contributed by atoms with Crippen molar-refractivity contribution in [1.29, 1.82) is 0 Å². The molecule has 120 valence electrons. The highest BCUT2D eigenvalue weighted by Gasteiger charge is 2.33. The average Bonchev–Trinajstić information content (AvgIpc) is 3.14. The summed E-state index contributed by atoms with van der Waals surface area (Å²) in [6.45, 7) is 0.190. The number of hydrogen-bond acceptors (Lipinski definition) is 6. The molecule has 3 heterocycles. The van der Waals surface area contributed by atoms with Crippen molar-refractivity contribution in [2.45, 2.75) is 25.4 Å². The molecule has 10 heteroatoms. The fourth-order valence-electron chi connectivity index (χ4n) is 2.56. The first-order valence-corrected chi connectivity index (χ1v) is 7.27. The van der Waals surface area contributed by atoms with Crippen molar-refractivity contribution in [3.8, 4) is 11.7 Å². The first kappa shape index (κ1) is 12.6. The van der Waals surface area contributed by atoms with Crippen LogP contribution in [0.25, 0.3) is 5.82 Å². The van der Waals surface area contributed by atoms with Crippen LogP contribution in [0.15, 0.2) is 17.1 Å². The third-order valence-corrected chi connectivity index (χ3v) is 3.83. The maximum atomic E-state index is 12.2. The van der Waals surface area contributed by atoms with Gasteiger partial charge in [-0.05, 0) is 23.3 Å². The molecule has 0 spiro atoms.